The quantitative estimate of drug-likeness (QED) is 0.525. The van der Waals surface area contributed by atoms with Gasteiger partial charge in [0.1, 0.15) is 0 Å². The molecular weight excluding hydrogens is 122 g/mol. The first-order valence-corrected chi connectivity index (χ1v) is 4.01. The van der Waals surface area contributed by atoms with Gasteiger partial charge in [0.05, 0.1) is 0 Å². The van der Waals surface area contributed by atoms with Gasteiger partial charge in [-0.25, -0.2) is 0 Å². The molecule has 56 valence electrons. The Kier molecular flexibility index (Phi) is 3.28. The van der Waals surface area contributed by atoms with Crippen LogP contribution in [0.5, 0.6) is 0 Å². The van der Waals surface area contributed by atoms with Gasteiger partial charge in [0.15, 0.2) is 0 Å². The SMILES string of the molecule is CC=C=CCN1CCCC1. The van der Waals surface area contributed by atoms with Gasteiger partial charge in [0.2, 0.25) is 0 Å². The van der Waals surface area contributed by atoms with Crippen LogP contribution in [0, 0.1) is 0 Å². The summed E-state index contributed by atoms with van der Waals surface area (Å²) in [4.78, 5) is 2.45. The van der Waals surface area contributed by atoms with Crippen molar-refractivity contribution >= 4 is 0 Å². The molecule has 1 heterocycles. The van der Waals surface area contributed by atoms with E-state index in [2.05, 4.69) is 16.7 Å². The molecule has 0 aromatic heterocycles. The molecule has 1 aliphatic heterocycles. The molecule has 0 amide bonds. The highest BCUT2D eigenvalue weighted by molar-refractivity contribution is 4.85. The van der Waals surface area contributed by atoms with Gasteiger partial charge in [0, 0.05) is 6.54 Å². The summed E-state index contributed by atoms with van der Waals surface area (Å²) < 4.78 is 0. The minimum absolute atomic E-state index is 1.09. The van der Waals surface area contributed by atoms with Crippen LogP contribution < -0.4 is 0 Å². The van der Waals surface area contributed by atoms with Crippen LogP contribution >= 0.6 is 0 Å². The molecule has 1 saturated heterocycles. The van der Waals surface area contributed by atoms with Gasteiger partial charge in [-0.3, -0.25) is 4.90 Å². The summed E-state index contributed by atoms with van der Waals surface area (Å²) >= 11 is 0. The predicted molar refractivity (Wildman–Crippen MR) is 44.0 cm³/mol. The van der Waals surface area contributed by atoms with E-state index in [1.54, 1.807) is 0 Å². The molecule has 0 radical (unpaired) electrons. The lowest BCUT2D eigenvalue weighted by molar-refractivity contribution is 0.377. The second-order valence-electron chi connectivity index (χ2n) is 2.67. The molecule has 1 rings (SSSR count). The first kappa shape index (κ1) is 7.59. The molecule has 1 heteroatoms. The van der Waals surface area contributed by atoms with Crippen LogP contribution in [0.3, 0.4) is 0 Å². The Morgan fingerprint density at radius 1 is 1.40 bits per heavy atom. The first-order chi connectivity index (χ1) is 4.93. The lowest BCUT2D eigenvalue weighted by Crippen LogP contribution is -2.18. The van der Waals surface area contributed by atoms with Crippen molar-refractivity contribution < 1.29 is 0 Å². The molecule has 0 unspecified atom stereocenters. The minimum atomic E-state index is 1.09. The molecule has 1 fully saturated rings. The molecular formula is C9H15N. The largest absolute Gasteiger partial charge is 0.299 e. The van der Waals surface area contributed by atoms with Crippen LogP contribution in [0.4, 0.5) is 0 Å². The van der Waals surface area contributed by atoms with Crippen LogP contribution in [0.25, 0.3) is 0 Å². The van der Waals surface area contributed by atoms with Crippen LogP contribution in [0.2, 0.25) is 0 Å². The highest BCUT2D eigenvalue weighted by Crippen LogP contribution is 2.05. The van der Waals surface area contributed by atoms with Crippen LogP contribution in [0.1, 0.15) is 19.8 Å². The van der Waals surface area contributed by atoms with Gasteiger partial charge < -0.3 is 0 Å². The molecule has 0 spiro atoms. The van der Waals surface area contributed by atoms with E-state index in [0.29, 0.717) is 0 Å². The number of rotatable bonds is 2. The van der Waals surface area contributed by atoms with Crippen molar-refractivity contribution in [3.63, 3.8) is 0 Å². The molecule has 0 atom stereocenters. The molecule has 0 aromatic carbocycles. The Morgan fingerprint density at radius 3 is 2.70 bits per heavy atom. The average Bonchev–Trinajstić information content (AvgIpc) is 2.41. The highest BCUT2D eigenvalue weighted by atomic mass is 15.1. The molecule has 1 nitrogen and oxygen atoms in total. The van der Waals surface area contributed by atoms with Crippen molar-refractivity contribution in [1.29, 1.82) is 0 Å². The van der Waals surface area contributed by atoms with Gasteiger partial charge in [-0.1, -0.05) is 0 Å². The smallest absolute Gasteiger partial charge is 0.0238 e. The number of nitrogens with zero attached hydrogens (tertiary/aromatic N) is 1. The zero-order valence-corrected chi connectivity index (χ0v) is 6.64. The maximum atomic E-state index is 3.08. The minimum Gasteiger partial charge on any atom is -0.299 e. The first-order valence-electron chi connectivity index (χ1n) is 4.01. The highest BCUT2D eigenvalue weighted by Gasteiger charge is 2.08. The van der Waals surface area contributed by atoms with E-state index in [4.69, 9.17) is 0 Å². The molecule has 10 heavy (non-hydrogen) atoms. The van der Waals surface area contributed by atoms with Crippen molar-refractivity contribution in [3.05, 3.63) is 17.9 Å². The van der Waals surface area contributed by atoms with Crippen molar-refractivity contribution in [2.75, 3.05) is 19.6 Å². The van der Waals surface area contributed by atoms with E-state index in [9.17, 15) is 0 Å². The van der Waals surface area contributed by atoms with Crippen molar-refractivity contribution in [2.45, 2.75) is 19.8 Å². The van der Waals surface area contributed by atoms with E-state index in [1.165, 1.54) is 25.9 Å². The number of hydrogen-bond donors (Lipinski definition) is 0. The normalized spacial score (nSPS) is 18.5. The topological polar surface area (TPSA) is 3.24 Å². The third-order valence-corrected chi connectivity index (χ3v) is 1.83. The number of hydrogen-bond acceptors (Lipinski definition) is 1. The second-order valence-corrected chi connectivity index (χ2v) is 2.67. The van der Waals surface area contributed by atoms with Crippen molar-refractivity contribution in [1.82, 2.24) is 4.90 Å². The van der Waals surface area contributed by atoms with Crippen LogP contribution in [-0.2, 0) is 0 Å². The fourth-order valence-corrected chi connectivity index (χ4v) is 1.26. The Hall–Kier alpha value is -0.520. The van der Waals surface area contributed by atoms with Crippen LogP contribution in [-0.4, -0.2) is 24.5 Å². The summed E-state index contributed by atoms with van der Waals surface area (Å²) in [5, 5.41) is 0. The van der Waals surface area contributed by atoms with E-state index in [-0.39, 0.29) is 0 Å². The Labute approximate surface area is 63.0 Å². The van der Waals surface area contributed by atoms with E-state index < -0.39 is 0 Å². The molecule has 0 aromatic rings. The Balaban J connectivity index is 2.18. The maximum absolute atomic E-state index is 3.08. The fourth-order valence-electron chi connectivity index (χ4n) is 1.26. The van der Waals surface area contributed by atoms with Gasteiger partial charge in [-0.15, -0.1) is 5.73 Å². The molecule has 0 N–H and O–H groups in total. The summed E-state index contributed by atoms with van der Waals surface area (Å²) in [6, 6.07) is 0. The van der Waals surface area contributed by atoms with Gasteiger partial charge in [0.25, 0.3) is 0 Å². The van der Waals surface area contributed by atoms with Crippen molar-refractivity contribution in [3.8, 4) is 0 Å². The Bertz CT molecular complexity index is 137. The Morgan fingerprint density at radius 2 is 2.10 bits per heavy atom. The van der Waals surface area contributed by atoms with Gasteiger partial charge in [-0.2, -0.15) is 0 Å². The summed E-state index contributed by atoms with van der Waals surface area (Å²) in [5.74, 6) is 0. The third kappa shape index (κ3) is 2.38. The fraction of sp³-hybridized carbons (Fsp3) is 0.667. The summed E-state index contributed by atoms with van der Waals surface area (Å²) in [7, 11) is 0. The zero-order chi connectivity index (χ0) is 7.23. The molecule has 1 aliphatic rings. The summed E-state index contributed by atoms with van der Waals surface area (Å²) in [5.41, 5.74) is 3.08. The van der Waals surface area contributed by atoms with Crippen LogP contribution in [0.15, 0.2) is 17.9 Å². The standard InChI is InChI=1S/C9H15N/c1-2-3-4-7-10-8-5-6-9-10/h2,4H,5-9H2,1H3. The lowest BCUT2D eigenvalue weighted by atomic mass is 10.4. The van der Waals surface area contributed by atoms with E-state index >= 15 is 0 Å². The summed E-state index contributed by atoms with van der Waals surface area (Å²) in [6.07, 6.45) is 6.81. The summed E-state index contributed by atoms with van der Waals surface area (Å²) in [6.45, 7) is 5.65. The maximum Gasteiger partial charge on any atom is 0.0238 e. The third-order valence-electron chi connectivity index (χ3n) is 1.83. The van der Waals surface area contributed by atoms with E-state index in [1.807, 2.05) is 13.0 Å². The van der Waals surface area contributed by atoms with Crippen molar-refractivity contribution in [2.24, 2.45) is 0 Å². The van der Waals surface area contributed by atoms with Gasteiger partial charge >= 0.3 is 0 Å². The predicted octanol–water partition coefficient (Wildman–Crippen LogP) is 1.81. The van der Waals surface area contributed by atoms with Gasteiger partial charge in [-0.05, 0) is 45.0 Å². The van der Waals surface area contributed by atoms with E-state index in [0.717, 1.165) is 6.54 Å². The second kappa shape index (κ2) is 4.32. The molecule has 0 aliphatic carbocycles. The molecule has 0 saturated carbocycles. The zero-order valence-electron chi connectivity index (χ0n) is 6.64. The lowest BCUT2D eigenvalue weighted by Gasteiger charge is -2.09. The molecule has 0 bridgehead atoms. The number of likely N-dealkylation sites (tertiary alicyclic amines) is 1. The monoisotopic (exact) mass is 137 g/mol. The average molecular weight is 137 g/mol.